The smallest absolute Gasteiger partial charge is 0.314 e. The van der Waals surface area contributed by atoms with Crippen LogP contribution in [0, 0.1) is 6.92 Å². The lowest BCUT2D eigenvalue weighted by atomic mass is 10.3. The number of hydrogen-bond acceptors (Lipinski definition) is 4. The van der Waals surface area contributed by atoms with Gasteiger partial charge in [0.1, 0.15) is 5.82 Å². The number of carbonyl (C=O) groups excluding carboxylic acids is 3. The fraction of sp³-hybridized carbons (Fsp3) is 0.467. The van der Waals surface area contributed by atoms with Crippen molar-refractivity contribution in [2.75, 3.05) is 25.0 Å². The van der Waals surface area contributed by atoms with Gasteiger partial charge in [0, 0.05) is 31.7 Å². The molecule has 7 nitrogen and oxygen atoms in total. The number of nitrogens with zero attached hydrogens (tertiary/aromatic N) is 2. The molecule has 0 bridgehead atoms. The molecule has 0 radical (unpaired) electrons. The first-order chi connectivity index (χ1) is 10.6. The molecule has 0 saturated carbocycles. The zero-order chi connectivity index (χ0) is 15.9. The summed E-state index contributed by atoms with van der Waals surface area (Å²) >= 11 is 0. The van der Waals surface area contributed by atoms with Crippen LogP contribution in [0.2, 0.25) is 0 Å². The number of aryl methyl sites for hydroxylation is 1. The molecule has 0 aromatic carbocycles. The molecule has 0 aliphatic carbocycles. The predicted octanol–water partition coefficient (Wildman–Crippen LogP) is 0.457. The highest BCUT2D eigenvalue weighted by atomic mass is 16.2. The summed E-state index contributed by atoms with van der Waals surface area (Å²) in [6, 6.07) is 5.18. The van der Waals surface area contributed by atoms with Crippen molar-refractivity contribution in [3.05, 3.63) is 23.9 Å². The van der Waals surface area contributed by atoms with Gasteiger partial charge < -0.3 is 15.5 Å². The lowest BCUT2D eigenvalue weighted by Gasteiger charge is -2.15. The number of nitrogens with one attached hydrogen (secondary N) is 2. The molecule has 1 aliphatic rings. The largest absolute Gasteiger partial charge is 0.348 e. The van der Waals surface area contributed by atoms with E-state index in [1.165, 1.54) is 0 Å². The maximum atomic E-state index is 11.7. The van der Waals surface area contributed by atoms with E-state index in [2.05, 4.69) is 15.6 Å². The summed E-state index contributed by atoms with van der Waals surface area (Å²) in [5, 5.41) is 4.98. The molecule has 2 N–H and O–H groups in total. The van der Waals surface area contributed by atoms with Crippen molar-refractivity contribution in [3.63, 3.8) is 0 Å². The fourth-order valence-electron chi connectivity index (χ4n) is 2.28. The molecule has 7 heteroatoms. The van der Waals surface area contributed by atoms with E-state index < -0.39 is 11.8 Å². The van der Waals surface area contributed by atoms with E-state index >= 15 is 0 Å². The molecule has 1 aliphatic heterocycles. The molecular weight excluding hydrogens is 284 g/mol. The molecule has 22 heavy (non-hydrogen) atoms. The van der Waals surface area contributed by atoms with Crippen molar-refractivity contribution < 1.29 is 14.4 Å². The quantitative estimate of drug-likeness (QED) is 0.610. The Labute approximate surface area is 129 Å². The van der Waals surface area contributed by atoms with Crippen molar-refractivity contribution in [3.8, 4) is 0 Å². The Balaban J connectivity index is 1.68. The third kappa shape index (κ3) is 4.54. The van der Waals surface area contributed by atoms with Crippen LogP contribution in [-0.4, -0.2) is 47.2 Å². The van der Waals surface area contributed by atoms with Crippen LogP contribution in [0.15, 0.2) is 18.2 Å². The number of amides is 3. The number of rotatable bonds is 5. The van der Waals surface area contributed by atoms with Gasteiger partial charge in [-0.05, 0) is 31.9 Å². The normalized spacial score (nSPS) is 14.0. The Kier molecular flexibility index (Phi) is 5.46. The van der Waals surface area contributed by atoms with Crippen molar-refractivity contribution >= 4 is 23.5 Å². The second-order valence-corrected chi connectivity index (χ2v) is 5.21. The van der Waals surface area contributed by atoms with Gasteiger partial charge in [-0.15, -0.1) is 0 Å². The van der Waals surface area contributed by atoms with E-state index in [1.54, 1.807) is 30.0 Å². The van der Waals surface area contributed by atoms with Gasteiger partial charge in [-0.3, -0.25) is 14.4 Å². The monoisotopic (exact) mass is 304 g/mol. The number of carbonyl (C=O) groups is 3. The van der Waals surface area contributed by atoms with Crippen molar-refractivity contribution in [2.45, 2.75) is 26.2 Å². The molecule has 1 saturated heterocycles. The van der Waals surface area contributed by atoms with Crippen molar-refractivity contribution in [2.24, 2.45) is 0 Å². The molecule has 1 aromatic rings. The Morgan fingerprint density at radius 1 is 1.32 bits per heavy atom. The number of hydrogen-bond donors (Lipinski definition) is 2. The molecule has 0 unspecified atom stereocenters. The third-order valence-electron chi connectivity index (χ3n) is 3.40. The molecule has 3 amide bonds. The predicted molar refractivity (Wildman–Crippen MR) is 81.0 cm³/mol. The minimum absolute atomic E-state index is 0.162. The lowest BCUT2D eigenvalue weighted by molar-refractivity contribution is -0.136. The maximum absolute atomic E-state index is 11.7. The summed E-state index contributed by atoms with van der Waals surface area (Å²) in [7, 11) is 0. The molecule has 2 heterocycles. The van der Waals surface area contributed by atoms with E-state index in [4.69, 9.17) is 0 Å². The van der Waals surface area contributed by atoms with Gasteiger partial charge in [0.2, 0.25) is 5.91 Å². The third-order valence-corrected chi connectivity index (χ3v) is 3.40. The first kappa shape index (κ1) is 15.9. The first-order valence-corrected chi connectivity index (χ1v) is 7.37. The minimum Gasteiger partial charge on any atom is -0.348 e. The van der Waals surface area contributed by atoms with Crippen LogP contribution in [0.4, 0.5) is 5.82 Å². The lowest BCUT2D eigenvalue weighted by Crippen LogP contribution is -2.37. The number of likely N-dealkylation sites (tertiary alicyclic amines) is 1. The number of aromatic nitrogens is 1. The highest BCUT2D eigenvalue weighted by molar-refractivity contribution is 6.39. The van der Waals surface area contributed by atoms with E-state index in [9.17, 15) is 14.4 Å². The van der Waals surface area contributed by atoms with Gasteiger partial charge in [0.25, 0.3) is 0 Å². The van der Waals surface area contributed by atoms with E-state index in [0.29, 0.717) is 31.7 Å². The SMILES string of the molecule is Cc1cccc(NC(=O)C(=O)NCCCN2CCCC2=O)n1. The Morgan fingerprint density at radius 3 is 2.82 bits per heavy atom. The summed E-state index contributed by atoms with van der Waals surface area (Å²) in [4.78, 5) is 40.6. The zero-order valence-electron chi connectivity index (χ0n) is 12.6. The van der Waals surface area contributed by atoms with Crippen LogP contribution in [0.3, 0.4) is 0 Å². The van der Waals surface area contributed by atoms with Crippen molar-refractivity contribution in [1.82, 2.24) is 15.2 Å². The Bertz CT molecular complexity index is 574. The van der Waals surface area contributed by atoms with Crippen LogP contribution in [0.5, 0.6) is 0 Å². The highest BCUT2D eigenvalue weighted by Crippen LogP contribution is 2.09. The Morgan fingerprint density at radius 2 is 2.14 bits per heavy atom. The summed E-state index contributed by atoms with van der Waals surface area (Å²) in [5.74, 6) is -0.927. The van der Waals surface area contributed by atoms with Crippen LogP contribution in [0.25, 0.3) is 0 Å². The summed E-state index contributed by atoms with van der Waals surface area (Å²) in [6.45, 7) is 3.55. The summed E-state index contributed by atoms with van der Waals surface area (Å²) < 4.78 is 0. The van der Waals surface area contributed by atoms with Gasteiger partial charge in [0.05, 0.1) is 0 Å². The molecule has 0 spiro atoms. The van der Waals surface area contributed by atoms with Crippen molar-refractivity contribution in [1.29, 1.82) is 0 Å². The number of pyridine rings is 1. The molecule has 0 atom stereocenters. The van der Waals surface area contributed by atoms with Crippen LogP contribution >= 0.6 is 0 Å². The fourth-order valence-corrected chi connectivity index (χ4v) is 2.28. The van der Waals surface area contributed by atoms with Crippen LogP contribution in [-0.2, 0) is 14.4 Å². The summed E-state index contributed by atoms with van der Waals surface area (Å²) in [5.41, 5.74) is 0.758. The average molecular weight is 304 g/mol. The van der Waals surface area contributed by atoms with Gasteiger partial charge in [0.15, 0.2) is 0 Å². The molecule has 118 valence electrons. The topological polar surface area (TPSA) is 91.4 Å². The van der Waals surface area contributed by atoms with E-state index in [0.717, 1.165) is 18.7 Å². The van der Waals surface area contributed by atoms with Gasteiger partial charge in [-0.1, -0.05) is 6.07 Å². The first-order valence-electron chi connectivity index (χ1n) is 7.37. The number of anilines is 1. The molecule has 1 aromatic heterocycles. The zero-order valence-corrected chi connectivity index (χ0v) is 12.6. The molecule has 1 fully saturated rings. The molecular formula is C15H20N4O3. The average Bonchev–Trinajstić information content (AvgIpc) is 2.88. The van der Waals surface area contributed by atoms with Gasteiger partial charge in [-0.2, -0.15) is 0 Å². The maximum Gasteiger partial charge on any atom is 0.314 e. The standard InChI is InChI=1S/C15H20N4O3/c1-11-5-2-6-12(17-11)18-15(22)14(21)16-8-4-10-19-9-3-7-13(19)20/h2,5-6H,3-4,7-10H2,1H3,(H,16,21)(H,17,18,22). The van der Waals surface area contributed by atoms with E-state index in [1.807, 2.05) is 0 Å². The Hall–Kier alpha value is -2.44. The highest BCUT2D eigenvalue weighted by Gasteiger charge is 2.19. The van der Waals surface area contributed by atoms with Gasteiger partial charge >= 0.3 is 11.8 Å². The second-order valence-electron chi connectivity index (χ2n) is 5.21. The van der Waals surface area contributed by atoms with Crippen LogP contribution in [0.1, 0.15) is 25.0 Å². The van der Waals surface area contributed by atoms with Gasteiger partial charge in [-0.25, -0.2) is 4.98 Å². The van der Waals surface area contributed by atoms with Crippen LogP contribution < -0.4 is 10.6 Å². The summed E-state index contributed by atoms with van der Waals surface area (Å²) in [6.07, 6.45) is 2.14. The second kappa shape index (κ2) is 7.53. The minimum atomic E-state index is -0.740. The van der Waals surface area contributed by atoms with E-state index in [-0.39, 0.29) is 5.91 Å². The molecule has 2 rings (SSSR count).